The molecule has 0 radical (unpaired) electrons. The second-order valence-electron chi connectivity index (χ2n) is 4.05. The van der Waals surface area contributed by atoms with Gasteiger partial charge in [-0.25, -0.2) is 0 Å². The molecule has 0 aliphatic heterocycles. The first-order valence-electron chi connectivity index (χ1n) is 5.56. The number of benzene rings is 1. The van der Waals surface area contributed by atoms with Crippen LogP contribution in [0.2, 0.25) is 0 Å². The van der Waals surface area contributed by atoms with Crippen LogP contribution in [0.3, 0.4) is 0 Å². The van der Waals surface area contributed by atoms with Gasteiger partial charge in [-0.05, 0) is 12.1 Å². The number of halogens is 10. The molecule has 0 bridgehead atoms. The summed E-state index contributed by atoms with van der Waals surface area (Å²) in [4.78, 5) is -9.47. The molecule has 0 amide bonds. The molecule has 0 fully saturated rings. The molecular formula is C11H6Br2F8O3. The highest BCUT2D eigenvalue weighted by atomic mass is 79.9. The second-order valence-corrected chi connectivity index (χ2v) is 6.04. The average molecular weight is 498 g/mol. The molecule has 0 saturated heterocycles. The molecule has 1 aromatic carbocycles. The SMILES string of the molecule is COc1cc(OC(F)(F)C(F)(F)Br)ccc1OC(F)(F)C(F)(F)Br. The Balaban J connectivity index is 3.10. The van der Waals surface area contributed by atoms with Gasteiger partial charge < -0.3 is 14.2 Å². The van der Waals surface area contributed by atoms with Crippen LogP contribution in [0, 0.1) is 0 Å². The third-order valence-electron chi connectivity index (χ3n) is 2.28. The van der Waals surface area contributed by atoms with Crippen molar-refractivity contribution in [3.63, 3.8) is 0 Å². The van der Waals surface area contributed by atoms with Crippen LogP contribution in [0.1, 0.15) is 0 Å². The summed E-state index contributed by atoms with van der Waals surface area (Å²) in [6.07, 6.45) is -10.0. The zero-order chi connectivity index (χ0) is 19.0. The Kier molecular flexibility index (Phi) is 5.91. The van der Waals surface area contributed by atoms with Crippen molar-refractivity contribution in [3.05, 3.63) is 18.2 Å². The van der Waals surface area contributed by atoms with E-state index in [1.165, 1.54) is 31.9 Å². The van der Waals surface area contributed by atoms with Crippen molar-refractivity contribution in [2.75, 3.05) is 7.11 Å². The maximum absolute atomic E-state index is 13.1. The topological polar surface area (TPSA) is 27.7 Å². The Hall–Kier alpha value is -0.980. The molecule has 1 rings (SSSR count). The smallest absolute Gasteiger partial charge is 0.475 e. The highest BCUT2D eigenvalue weighted by molar-refractivity contribution is 9.10. The van der Waals surface area contributed by atoms with Crippen LogP contribution < -0.4 is 14.2 Å². The fraction of sp³-hybridized carbons (Fsp3) is 0.455. The fourth-order valence-electron chi connectivity index (χ4n) is 1.20. The first-order valence-corrected chi connectivity index (χ1v) is 7.14. The van der Waals surface area contributed by atoms with Gasteiger partial charge in [-0.15, -0.1) is 0 Å². The van der Waals surface area contributed by atoms with E-state index in [9.17, 15) is 35.1 Å². The molecule has 0 aliphatic rings. The van der Waals surface area contributed by atoms with Crippen LogP contribution in [0.4, 0.5) is 35.1 Å². The lowest BCUT2D eigenvalue weighted by atomic mass is 10.3. The van der Waals surface area contributed by atoms with E-state index < -0.39 is 39.1 Å². The molecule has 0 N–H and O–H groups in total. The van der Waals surface area contributed by atoms with Gasteiger partial charge >= 0.3 is 21.9 Å². The summed E-state index contributed by atoms with van der Waals surface area (Å²) >= 11 is 2.84. The largest absolute Gasteiger partial charge is 0.493 e. The quantitative estimate of drug-likeness (QED) is 0.362. The molecule has 13 heteroatoms. The van der Waals surface area contributed by atoms with Crippen molar-refractivity contribution in [3.8, 4) is 17.2 Å². The first kappa shape index (κ1) is 21.1. The lowest BCUT2D eigenvalue weighted by Crippen LogP contribution is -2.41. The monoisotopic (exact) mass is 496 g/mol. The Morgan fingerprint density at radius 1 is 0.750 bits per heavy atom. The molecule has 1 aromatic rings. The molecule has 0 spiro atoms. The van der Waals surface area contributed by atoms with E-state index in [-0.39, 0.29) is 0 Å². The third-order valence-corrected chi connectivity index (χ3v) is 3.20. The van der Waals surface area contributed by atoms with Crippen molar-refractivity contribution in [2.45, 2.75) is 21.9 Å². The van der Waals surface area contributed by atoms with Gasteiger partial charge in [0.15, 0.2) is 11.5 Å². The zero-order valence-corrected chi connectivity index (χ0v) is 14.4. The second kappa shape index (κ2) is 6.73. The zero-order valence-electron chi connectivity index (χ0n) is 11.2. The maximum Gasteiger partial charge on any atom is 0.475 e. The van der Waals surface area contributed by atoms with E-state index in [0.29, 0.717) is 18.2 Å². The van der Waals surface area contributed by atoms with Crippen LogP contribution in [-0.2, 0) is 0 Å². The lowest BCUT2D eigenvalue weighted by Gasteiger charge is -2.24. The molecule has 138 valence electrons. The number of rotatable bonds is 7. The summed E-state index contributed by atoms with van der Waals surface area (Å²) in [7, 11) is 0.869. The maximum atomic E-state index is 13.1. The van der Waals surface area contributed by atoms with Gasteiger partial charge in [0.25, 0.3) is 0 Å². The van der Waals surface area contributed by atoms with Gasteiger partial charge in [0.05, 0.1) is 7.11 Å². The number of methoxy groups -OCH3 is 1. The summed E-state index contributed by atoms with van der Waals surface area (Å²) in [6.45, 7) is 0. The molecule has 3 nitrogen and oxygen atoms in total. The third kappa shape index (κ3) is 4.77. The predicted molar refractivity (Wildman–Crippen MR) is 71.9 cm³/mol. The van der Waals surface area contributed by atoms with Crippen LogP contribution in [0.15, 0.2) is 18.2 Å². The highest BCUT2D eigenvalue weighted by Gasteiger charge is 2.59. The number of ether oxygens (including phenoxy) is 3. The number of alkyl halides is 10. The van der Waals surface area contributed by atoms with Crippen molar-refractivity contribution in [1.29, 1.82) is 0 Å². The number of hydrogen-bond acceptors (Lipinski definition) is 3. The van der Waals surface area contributed by atoms with Gasteiger partial charge in [0, 0.05) is 37.9 Å². The van der Waals surface area contributed by atoms with Crippen molar-refractivity contribution in [2.24, 2.45) is 0 Å². The molecule has 0 aromatic heterocycles. The van der Waals surface area contributed by atoms with Gasteiger partial charge in [-0.1, -0.05) is 0 Å². The van der Waals surface area contributed by atoms with E-state index in [4.69, 9.17) is 0 Å². The molecule has 0 aliphatic carbocycles. The molecule has 0 atom stereocenters. The Bertz CT molecular complexity index is 586. The van der Waals surface area contributed by atoms with Gasteiger partial charge in [-0.3, -0.25) is 0 Å². The summed E-state index contributed by atoms with van der Waals surface area (Å²) in [5.41, 5.74) is 0. The summed E-state index contributed by atoms with van der Waals surface area (Å²) in [5.74, 6) is -2.63. The lowest BCUT2D eigenvalue weighted by molar-refractivity contribution is -0.267. The van der Waals surface area contributed by atoms with Crippen molar-refractivity contribution in [1.82, 2.24) is 0 Å². The van der Waals surface area contributed by atoms with E-state index in [1.807, 2.05) is 0 Å². The van der Waals surface area contributed by atoms with Crippen LogP contribution in [-0.4, -0.2) is 29.0 Å². The molecular weight excluding hydrogens is 492 g/mol. The Morgan fingerprint density at radius 2 is 1.21 bits per heavy atom. The number of hydrogen-bond donors (Lipinski definition) is 0. The van der Waals surface area contributed by atoms with Crippen molar-refractivity contribution < 1.29 is 49.3 Å². The molecule has 0 saturated carbocycles. The summed E-state index contributed by atoms with van der Waals surface area (Å²) < 4.78 is 115. The summed E-state index contributed by atoms with van der Waals surface area (Å²) in [6, 6.07) is 1.50. The molecule has 0 unspecified atom stereocenters. The first-order chi connectivity index (χ1) is 10.6. The van der Waals surface area contributed by atoms with Gasteiger partial charge in [-0.2, -0.15) is 35.1 Å². The van der Waals surface area contributed by atoms with Gasteiger partial charge in [0.1, 0.15) is 5.75 Å². The van der Waals surface area contributed by atoms with E-state index in [0.717, 1.165) is 7.11 Å². The minimum atomic E-state index is -5.02. The van der Waals surface area contributed by atoms with Crippen molar-refractivity contribution >= 4 is 31.9 Å². The molecule has 24 heavy (non-hydrogen) atoms. The Labute approximate surface area is 146 Å². The fourth-order valence-corrected chi connectivity index (χ4v) is 1.36. The van der Waals surface area contributed by atoms with Gasteiger partial charge in [0.2, 0.25) is 0 Å². The normalized spacial score (nSPS) is 13.6. The minimum Gasteiger partial charge on any atom is -0.493 e. The average Bonchev–Trinajstić information content (AvgIpc) is 2.37. The minimum absolute atomic E-state index is 0.477. The molecule has 0 heterocycles. The predicted octanol–water partition coefficient (Wildman–Crippen LogP) is 5.61. The van der Waals surface area contributed by atoms with E-state index in [2.05, 4.69) is 14.2 Å². The standard InChI is InChI=1S/C11H6Br2F8O3/c1-22-7-4-5(23-10(18,19)8(12,14)15)2-3-6(7)24-11(20,21)9(13,16)17/h2-4H,1H3. The van der Waals surface area contributed by atoms with E-state index in [1.54, 1.807) is 0 Å². The van der Waals surface area contributed by atoms with Crippen LogP contribution in [0.25, 0.3) is 0 Å². The summed E-state index contributed by atoms with van der Waals surface area (Å²) in [5, 5.41) is 0. The van der Waals surface area contributed by atoms with E-state index >= 15 is 0 Å². The van der Waals surface area contributed by atoms with Crippen LogP contribution >= 0.6 is 31.9 Å². The highest BCUT2D eigenvalue weighted by Crippen LogP contribution is 2.45. The van der Waals surface area contributed by atoms with Crippen LogP contribution in [0.5, 0.6) is 17.2 Å². The Morgan fingerprint density at radius 3 is 1.62 bits per heavy atom.